The van der Waals surface area contributed by atoms with Gasteiger partial charge in [0.2, 0.25) is 0 Å². The summed E-state index contributed by atoms with van der Waals surface area (Å²) in [6, 6.07) is 16.9. The molecule has 2 aromatic rings. The number of hydrogen-bond donors (Lipinski definition) is 0. The Bertz CT molecular complexity index is 894. The largest absolute Gasteiger partial charge is 0.298 e. The smallest absolute Gasteiger partial charge is 0.268 e. The highest BCUT2D eigenvalue weighted by Crippen LogP contribution is 2.44. The van der Waals surface area contributed by atoms with E-state index in [-0.39, 0.29) is 9.81 Å². The highest BCUT2D eigenvalue weighted by molar-refractivity contribution is 8.22. The fourth-order valence-corrected chi connectivity index (χ4v) is 4.48. The maximum Gasteiger partial charge on any atom is 0.298 e. The molecule has 0 radical (unpaired) electrons. The lowest BCUT2D eigenvalue weighted by Gasteiger charge is -2.12. The van der Waals surface area contributed by atoms with Crippen molar-refractivity contribution in [3.63, 3.8) is 0 Å². The molecule has 2 fully saturated rings. The van der Waals surface area contributed by atoms with Crippen molar-refractivity contribution in [2.45, 2.75) is 0 Å². The first kappa shape index (κ1) is 16.6. The summed E-state index contributed by atoms with van der Waals surface area (Å²) in [7, 11) is 0. The number of imide groups is 2. The van der Waals surface area contributed by atoms with Gasteiger partial charge < -0.3 is 0 Å². The highest BCUT2D eigenvalue weighted by atomic mass is 32.2. The van der Waals surface area contributed by atoms with E-state index in [1.165, 1.54) is 0 Å². The van der Waals surface area contributed by atoms with Crippen LogP contribution in [0.3, 0.4) is 0 Å². The number of anilines is 2. The van der Waals surface area contributed by atoms with Crippen molar-refractivity contribution in [2.75, 3.05) is 9.80 Å². The number of hydrogen-bond acceptors (Lipinski definition) is 6. The van der Waals surface area contributed by atoms with Gasteiger partial charge in [-0.05, 0) is 47.8 Å². The first-order valence-corrected chi connectivity index (χ1v) is 9.18. The Hall–Kier alpha value is -2.84. The van der Waals surface area contributed by atoms with Crippen LogP contribution in [0, 0.1) is 0 Å². The van der Waals surface area contributed by atoms with Crippen molar-refractivity contribution in [2.24, 2.45) is 0 Å². The molecular formula is C18H10N2O4S2. The third-order valence-corrected chi connectivity index (χ3v) is 5.78. The maximum absolute atomic E-state index is 12.7. The van der Waals surface area contributed by atoms with Crippen molar-refractivity contribution in [1.29, 1.82) is 0 Å². The van der Waals surface area contributed by atoms with Gasteiger partial charge in [0.1, 0.15) is 9.81 Å². The molecule has 0 spiro atoms. The lowest BCUT2D eigenvalue weighted by molar-refractivity contribution is -0.115. The van der Waals surface area contributed by atoms with E-state index < -0.39 is 22.3 Å². The number of carbonyl (C=O) groups excluding carboxylic acids is 4. The van der Waals surface area contributed by atoms with Gasteiger partial charge in [0, 0.05) is 0 Å². The van der Waals surface area contributed by atoms with Crippen LogP contribution < -0.4 is 9.80 Å². The van der Waals surface area contributed by atoms with Gasteiger partial charge in [0.05, 0.1) is 11.4 Å². The summed E-state index contributed by atoms with van der Waals surface area (Å²) in [4.78, 5) is 52.1. The van der Waals surface area contributed by atoms with E-state index in [4.69, 9.17) is 0 Å². The van der Waals surface area contributed by atoms with Crippen LogP contribution in [-0.4, -0.2) is 22.3 Å². The average Bonchev–Trinajstić information content (AvgIpc) is 3.11. The molecule has 6 nitrogen and oxygen atoms in total. The summed E-state index contributed by atoms with van der Waals surface area (Å²) in [5.74, 6) is -1.19. The molecule has 0 aliphatic carbocycles. The SMILES string of the molecule is O=C1S/C(=C2\SC(=O)N(c3ccccc3)C2=O)C(=O)N1c1ccccc1. The fourth-order valence-electron chi connectivity index (χ4n) is 2.61. The number of nitrogens with zero attached hydrogens (tertiary/aromatic N) is 2. The van der Waals surface area contributed by atoms with Crippen LogP contribution in [0.4, 0.5) is 21.0 Å². The predicted molar refractivity (Wildman–Crippen MR) is 101 cm³/mol. The molecule has 2 aromatic carbocycles. The number of amides is 4. The summed E-state index contributed by atoms with van der Waals surface area (Å²) in [5.41, 5.74) is 0.847. The third kappa shape index (κ3) is 2.63. The van der Waals surface area contributed by atoms with Crippen molar-refractivity contribution >= 4 is 57.2 Å². The molecule has 0 saturated carbocycles. The quantitative estimate of drug-likeness (QED) is 0.731. The molecule has 0 unspecified atom stereocenters. The predicted octanol–water partition coefficient (Wildman–Crippen LogP) is 4.00. The molecule has 4 rings (SSSR count). The molecule has 2 aliphatic heterocycles. The second-order valence-corrected chi connectivity index (χ2v) is 7.27. The van der Waals surface area contributed by atoms with Gasteiger partial charge in [-0.15, -0.1) is 0 Å². The summed E-state index contributed by atoms with van der Waals surface area (Å²) in [5, 5.41) is -0.995. The molecular weight excluding hydrogens is 372 g/mol. The molecule has 4 amide bonds. The van der Waals surface area contributed by atoms with Crippen LogP contribution in [-0.2, 0) is 9.59 Å². The van der Waals surface area contributed by atoms with Crippen molar-refractivity contribution in [1.82, 2.24) is 0 Å². The maximum atomic E-state index is 12.7. The van der Waals surface area contributed by atoms with Gasteiger partial charge in [-0.3, -0.25) is 19.2 Å². The molecule has 0 atom stereocenters. The average molecular weight is 382 g/mol. The number of carbonyl (C=O) groups is 4. The van der Waals surface area contributed by atoms with Crippen LogP contribution in [0.1, 0.15) is 0 Å². The zero-order valence-electron chi connectivity index (χ0n) is 13.1. The minimum atomic E-state index is -0.593. The second kappa shape index (κ2) is 6.47. The van der Waals surface area contributed by atoms with Crippen LogP contribution >= 0.6 is 23.5 Å². The van der Waals surface area contributed by atoms with E-state index in [2.05, 4.69) is 0 Å². The molecule has 128 valence electrons. The Morgan fingerprint density at radius 3 is 1.23 bits per heavy atom. The van der Waals surface area contributed by atoms with Crippen LogP contribution in [0.2, 0.25) is 0 Å². The van der Waals surface area contributed by atoms with Crippen molar-refractivity contribution < 1.29 is 19.2 Å². The molecule has 2 aliphatic rings. The van der Waals surface area contributed by atoms with Gasteiger partial charge in [-0.25, -0.2) is 9.80 Å². The Morgan fingerprint density at radius 1 is 0.538 bits per heavy atom. The molecule has 26 heavy (non-hydrogen) atoms. The van der Waals surface area contributed by atoms with Gasteiger partial charge in [-0.1, -0.05) is 36.4 Å². The van der Waals surface area contributed by atoms with Gasteiger partial charge >= 0.3 is 0 Å². The summed E-state index contributed by atoms with van der Waals surface area (Å²) in [6.07, 6.45) is 0. The Balaban J connectivity index is 1.72. The summed E-state index contributed by atoms with van der Waals surface area (Å²) < 4.78 is 0. The highest BCUT2D eigenvalue weighted by Gasteiger charge is 2.45. The summed E-state index contributed by atoms with van der Waals surface area (Å²) >= 11 is 1.35. The lowest BCUT2D eigenvalue weighted by Crippen LogP contribution is -2.29. The van der Waals surface area contributed by atoms with Crippen molar-refractivity contribution in [3.05, 3.63) is 70.5 Å². The lowest BCUT2D eigenvalue weighted by atomic mass is 10.2. The first-order valence-electron chi connectivity index (χ1n) is 7.55. The zero-order valence-corrected chi connectivity index (χ0v) is 14.8. The molecule has 0 aromatic heterocycles. The normalized spacial score (nSPS) is 20.5. The molecule has 0 N–H and O–H groups in total. The summed E-state index contributed by atoms with van der Waals surface area (Å²) in [6.45, 7) is 0. The van der Waals surface area contributed by atoms with Crippen molar-refractivity contribution in [3.8, 4) is 0 Å². The Labute approximate surface area is 156 Å². The van der Waals surface area contributed by atoms with E-state index in [1.54, 1.807) is 60.7 Å². The first-order chi connectivity index (χ1) is 12.6. The topological polar surface area (TPSA) is 74.8 Å². The number of para-hydroxylation sites is 2. The second-order valence-electron chi connectivity index (χ2n) is 5.35. The monoisotopic (exact) mass is 382 g/mol. The molecule has 8 heteroatoms. The number of thioether (sulfide) groups is 2. The minimum Gasteiger partial charge on any atom is -0.268 e. The molecule has 2 saturated heterocycles. The third-order valence-electron chi connectivity index (χ3n) is 3.77. The molecule has 2 heterocycles. The van der Waals surface area contributed by atoms with Crippen LogP contribution in [0.5, 0.6) is 0 Å². The van der Waals surface area contributed by atoms with Crippen LogP contribution in [0.15, 0.2) is 70.5 Å². The Morgan fingerprint density at radius 2 is 0.885 bits per heavy atom. The van der Waals surface area contributed by atoms with E-state index >= 15 is 0 Å². The van der Waals surface area contributed by atoms with E-state index in [1.807, 2.05) is 0 Å². The Kier molecular flexibility index (Phi) is 4.14. The van der Waals surface area contributed by atoms with Crippen LogP contribution in [0.25, 0.3) is 0 Å². The molecule has 0 bridgehead atoms. The van der Waals surface area contributed by atoms with Gasteiger partial charge in [0.25, 0.3) is 22.3 Å². The van der Waals surface area contributed by atoms with Gasteiger partial charge in [0.15, 0.2) is 0 Å². The van der Waals surface area contributed by atoms with Gasteiger partial charge in [-0.2, -0.15) is 0 Å². The number of rotatable bonds is 2. The van der Waals surface area contributed by atoms with E-state index in [0.717, 1.165) is 9.80 Å². The van der Waals surface area contributed by atoms with E-state index in [0.29, 0.717) is 34.9 Å². The minimum absolute atomic E-state index is 0.0133. The fraction of sp³-hybridized carbons (Fsp3) is 0. The standard InChI is InChI=1S/C18H10N2O4S2/c21-15-13(25-17(23)19(15)11-7-3-1-4-8-11)14-16(22)20(18(24)26-14)12-9-5-2-6-10-12/h1-10H/b14-13-. The number of benzene rings is 2. The zero-order chi connectivity index (χ0) is 18.3. The van der Waals surface area contributed by atoms with E-state index in [9.17, 15) is 19.2 Å².